The molecular weight excluding hydrogens is 148 g/mol. The molecule has 1 rings (SSSR count). The molecule has 0 spiro atoms. The van der Waals surface area contributed by atoms with E-state index in [-0.39, 0.29) is 0 Å². The van der Waals surface area contributed by atoms with Crippen molar-refractivity contribution < 1.29 is 0 Å². The van der Waals surface area contributed by atoms with E-state index in [1.54, 1.807) is 0 Å². The molecule has 66 valence electrons. The molecule has 0 saturated heterocycles. The highest BCUT2D eigenvalue weighted by molar-refractivity contribution is 5.10. The fourth-order valence-corrected chi connectivity index (χ4v) is 1.08. The second-order valence-electron chi connectivity index (χ2n) is 2.75. The summed E-state index contributed by atoms with van der Waals surface area (Å²) >= 11 is 0. The Hall–Kier alpha value is -0.890. The maximum absolute atomic E-state index is 4.47. The summed E-state index contributed by atoms with van der Waals surface area (Å²) in [5.74, 6) is 0. The molecule has 0 bridgehead atoms. The van der Waals surface area contributed by atoms with E-state index in [1.165, 1.54) is 5.69 Å². The first-order valence-electron chi connectivity index (χ1n) is 4.52. The second-order valence-corrected chi connectivity index (χ2v) is 2.75. The molecule has 0 fully saturated rings. The Labute approximate surface area is 74.0 Å². The number of aromatic nitrogens is 1. The van der Waals surface area contributed by atoms with Gasteiger partial charge in [-0.3, -0.25) is 4.98 Å². The second kappa shape index (κ2) is 4.88. The third-order valence-electron chi connectivity index (χ3n) is 1.78. The van der Waals surface area contributed by atoms with Crippen molar-refractivity contribution in [3.05, 3.63) is 29.6 Å². The molecule has 1 heterocycles. The number of pyridine rings is 1. The molecule has 1 aromatic rings. The number of rotatable bonds is 4. The molecule has 0 aliphatic rings. The summed E-state index contributed by atoms with van der Waals surface area (Å²) in [6.07, 6.45) is 1.01. The SMILES string of the molecule is CCNCc1cccc(CC)n1. The van der Waals surface area contributed by atoms with Crippen molar-refractivity contribution in [3.8, 4) is 0 Å². The zero-order valence-corrected chi connectivity index (χ0v) is 7.80. The van der Waals surface area contributed by atoms with Gasteiger partial charge in [0.2, 0.25) is 0 Å². The molecule has 12 heavy (non-hydrogen) atoms. The van der Waals surface area contributed by atoms with Crippen LogP contribution in [-0.4, -0.2) is 11.5 Å². The predicted molar refractivity (Wildman–Crippen MR) is 51.0 cm³/mol. The van der Waals surface area contributed by atoms with Gasteiger partial charge in [0.1, 0.15) is 0 Å². The summed E-state index contributed by atoms with van der Waals surface area (Å²) < 4.78 is 0. The van der Waals surface area contributed by atoms with Crippen LogP contribution in [0.3, 0.4) is 0 Å². The van der Waals surface area contributed by atoms with Crippen LogP contribution in [0.25, 0.3) is 0 Å². The normalized spacial score (nSPS) is 10.2. The fraction of sp³-hybridized carbons (Fsp3) is 0.500. The van der Waals surface area contributed by atoms with Crippen LogP contribution in [0.2, 0.25) is 0 Å². The van der Waals surface area contributed by atoms with Crippen LogP contribution in [0.5, 0.6) is 0 Å². The van der Waals surface area contributed by atoms with E-state index in [2.05, 4.69) is 42.3 Å². The van der Waals surface area contributed by atoms with Crippen LogP contribution < -0.4 is 5.32 Å². The minimum absolute atomic E-state index is 0.879. The van der Waals surface area contributed by atoms with Gasteiger partial charge in [-0.1, -0.05) is 19.9 Å². The molecule has 0 amide bonds. The van der Waals surface area contributed by atoms with Gasteiger partial charge in [0.25, 0.3) is 0 Å². The first-order valence-corrected chi connectivity index (χ1v) is 4.52. The van der Waals surface area contributed by atoms with Gasteiger partial charge in [-0.2, -0.15) is 0 Å². The van der Waals surface area contributed by atoms with E-state index in [1.807, 2.05) is 0 Å². The molecule has 0 radical (unpaired) electrons. The first kappa shape index (κ1) is 9.20. The summed E-state index contributed by atoms with van der Waals surface area (Å²) in [6, 6.07) is 6.19. The van der Waals surface area contributed by atoms with Gasteiger partial charge in [0.15, 0.2) is 0 Å². The zero-order valence-electron chi connectivity index (χ0n) is 7.80. The van der Waals surface area contributed by atoms with Gasteiger partial charge < -0.3 is 5.32 Å². The highest BCUT2D eigenvalue weighted by Crippen LogP contribution is 1.99. The van der Waals surface area contributed by atoms with Gasteiger partial charge in [0, 0.05) is 12.2 Å². The fourth-order valence-electron chi connectivity index (χ4n) is 1.08. The average molecular weight is 164 g/mol. The lowest BCUT2D eigenvalue weighted by atomic mass is 10.2. The first-order chi connectivity index (χ1) is 5.86. The summed E-state index contributed by atoms with van der Waals surface area (Å²) in [5, 5.41) is 3.25. The molecular formula is C10H16N2. The summed E-state index contributed by atoms with van der Waals surface area (Å²) in [7, 11) is 0. The van der Waals surface area contributed by atoms with Crippen molar-refractivity contribution in [3.63, 3.8) is 0 Å². The Morgan fingerprint density at radius 2 is 2.00 bits per heavy atom. The van der Waals surface area contributed by atoms with Crippen molar-refractivity contribution in [2.45, 2.75) is 26.8 Å². The molecule has 0 aliphatic carbocycles. The Kier molecular flexibility index (Phi) is 3.74. The number of hydrogen-bond donors (Lipinski definition) is 1. The van der Waals surface area contributed by atoms with Crippen molar-refractivity contribution in [1.82, 2.24) is 10.3 Å². The summed E-state index contributed by atoms with van der Waals surface area (Å²) in [4.78, 5) is 4.47. The smallest absolute Gasteiger partial charge is 0.0544 e. The number of nitrogens with one attached hydrogen (secondary N) is 1. The lowest BCUT2D eigenvalue weighted by Gasteiger charge is -2.02. The summed E-state index contributed by atoms with van der Waals surface area (Å²) in [6.45, 7) is 6.10. The molecule has 2 nitrogen and oxygen atoms in total. The highest BCUT2D eigenvalue weighted by Gasteiger charge is 1.94. The number of aryl methyl sites for hydroxylation is 1. The van der Waals surface area contributed by atoms with E-state index in [0.717, 1.165) is 25.2 Å². The van der Waals surface area contributed by atoms with Gasteiger partial charge in [-0.05, 0) is 25.1 Å². The summed E-state index contributed by atoms with van der Waals surface area (Å²) in [5.41, 5.74) is 2.31. The molecule has 0 unspecified atom stereocenters. The van der Waals surface area contributed by atoms with Gasteiger partial charge >= 0.3 is 0 Å². The van der Waals surface area contributed by atoms with Gasteiger partial charge in [0.05, 0.1) is 5.69 Å². The molecule has 1 N–H and O–H groups in total. The topological polar surface area (TPSA) is 24.9 Å². The van der Waals surface area contributed by atoms with E-state index >= 15 is 0 Å². The van der Waals surface area contributed by atoms with Crippen LogP contribution in [0.15, 0.2) is 18.2 Å². The monoisotopic (exact) mass is 164 g/mol. The van der Waals surface area contributed by atoms with Crippen molar-refractivity contribution in [1.29, 1.82) is 0 Å². The van der Waals surface area contributed by atoms with Crippen LogP contribution in [0, 0.1) is 0 Å². The Morgan fingerprint density at radius 1 is 1.25 bits per heavy atom. The Balaban J connectivity index is 2.60. The average Bonchev–Trinajstić information content (AvgIpc) is 2.15. The molecule has 2 heteroatoms. The predicted octanol–water partition coefficient (Wildman–Crippen LogP) is 1.75. The number of nitrogens with zero attached hydrogens (tertiary/aromatic N) is 1. The molecule has 0 saturated carbocycles. The third kappa shape index (κ3) is 2.62. The van der Waals surface area contributed by atoms with Crippen LogP contribution in [0.1, 0.15) is 25.2 Å². The van der Waals surface area contributed by atoms with E-state index < -0.39 is 0 Å². The van der Waals surface area contributed by atoms with Crippen LogP contribution >= 0.6 is 0 Å². The van der Waals surface area contributed by atoms with E-state index in [9.17, 15) is 0 Å². The quantitative estimate of drug-likeness (QED) is 0.733. The lowest BCUT2D eigenvalue weighted by molar-refractivity contribution is 0.706. The Bertz CT molecular complexity index is 233. The molecule has 0 atom stereocenters. The molecule has 0 aliphatic heterocycles. The molecule has 0 aromatic carbocycles. The standard InChI is InChI=1S/C10H16N2/c1-3-9-6-5-7-10(12-9)8-11-4-2/h5-7,11H,3-4,8H2,1-2H3. The van der Waals surface area contributed by atoms with Crippen molar-refractivity contribution >= 4 is 0 Å². The van der Waals surface area contributed by atoms with Crippen LogP contribution in [-0.2, 0) is 13.0 Å². The molecule has 1 aromatic heterocycles. The minimum atomic E-state index is 0.879. The maximum Gasteiger partial charge on any atom is 0.0544 e. The van der Waals surface area contributed by atoms with Gasteiger partial charge in [-0.15, -0.1) is 0 Å². The van der Waals surface area contributed by atoms with Crippen molar-refractivity contribution in [2.75, 3.05) is 6.54 Å². The Morgan fingerprint density at radius 3 is 2.67 bits per heavy atom. The van der Waals surface area contributed by atoms with E-state index in [4.69, 9.17) is 0 Å². The lowest BCUT2D eigenvalue weighted by Crippen LogP contribution is -2.13. The van der Waals surface area contributed by atoms with Gasteiger partial charge in [-0.25, -0.2) is 0 Å². The van der Waals surface area contributed by atoms with E-state index in [0.29, 0.717) is 0 Å². The minimum Gasteiger partial charge on any atom is -0.311 e. The largest absolute Gasteiger partial charge is 0.311 e. The zero-order chi connectivity index (χ0) is 8.81. The third-order valence-corrected chi connectivity index (χ3v) is 1.78. The maximum atomic E-state index is 4.47. The number of hydrogen-bond acceptors (Lipinski definition) is 2. The highest BCUT2D eigenvalue weighted by atomic mass is 14.9. The van der Waals surface area contributed by atoms with Crippen molar-refractivity contribution in [2.24, 2.45) is 0 Å². The van der Waals surface area contributed by atoms with Crippen LogP contribution in [0.4, 0.5) is 0 Å².